The molecule has 0 N–H and O–H groups in total. The molecule has 5 nitrogen and oxygen atoms in total. The Morgan fingerprint density at radius 1 is 0.844 bits per heavy atom. The van der Waals surface area contributed by atoms with Gasteiger partial charge < -0.3 is 14.5 Å². The molecular formula is C27H34N2O3. The molecular weight excluding hydrogens is 400 g/mol. The SMILES string of the molecule is Cc1ccc(C(=O)N2CCC(COc3ccccc3)(CC(=O)N3CCCCC3)CC2)cc1. The van der Waals surface area contributed by atoms with Gasteiger partial charge in [0.15, 0.2) is 0 Å². The first-order valence-corrected chi connectivity index (χ1v) is 11.9. The molecule has 5 heteroatoms. The van der Waals surface area contributed by atoms with Crippen molar-refractivity contribution in [2.75, 3.05) is 32.8 Å². The summed E-state index contributed by atoms with van der Waals surface area (Å²) in [5.74, 6) is 1.14. The van der Waals surface area contributed by atoms with E-state index in [9.17, 15) is 9.59 Å². The molecule has 170 valence electrons. The molecule has 4 rings (SSSR count). The van der Waals surface area contributed by atoms with Crippen LogP contribution >= 0.6 is 0 Å². The number of hydrogen-bond acceptors (Lipinski definition) is 3. The van der Waals surface area contributed by atoms with Crippen LogP contribution in [-0.4, -0.2) is 54.4 Å². The van der Waals surface area contributed by atoms with Crippen molar-refractivity contribution in [1.29, 1.82) is 0 Å². The average molecular weight is 435 g/mol. The fraction of sp³-hybridized carbons (Fsp3) is 0.481. The number of aryl methyl sites for hydroxylation is 1. The van der Waals surface area contributed by atoms with Gasteiger partial charge in [0.1, 0.15) is 5.75 Å². The van der Waals surface area contributed by atoms with E-state index in [-0.39, 0.29) is 17.2 Å². The molecule has 0 spiro atoms. The molecule has 32 heavy (non-hydrogen) atoms. The van der Waals surface area contributed by atoms with E-state index in [1.807, 2.05) is 71.3 Å². The maximum Gasteiger partial charge on any atom is 0.253 e. The summed E-state index contributed by atoms with van der Waals surface area (Å²) in [4.78, 5) is 30.1. The van der Waals surface area contributed by atoms with Gasteiger partial charge in [-0.2, -0.15) is 0 Å². The molecule has 0 unspecified atom stereocenters. The Labute approximate surface area is 191 Å². The second-order valence-electron chi connectivity index (χ2n) is 9.38. The molecule has 2 saturated heterocycles. The number of carbonyl (C=O) groups is 2. The van der Waals surface area contributed by atoms with Crippen molar-refractivity contribution in [3.8, 4) is 5.75 Å². The van der Waals surface area contributed by atoms with Gasteiger partial charge in [-0.15, -0.1) is 0 Å². The van der Waals surface area contributed by atoms with Crippen LogP contribution in [0.3, 0.4) is 0 Å². The van der Waals surface area contributed by atoms with Crippen LogP contribution in [0.2, 0.25) is 0 Å². The van der Waals surface area contributed by atoms with E-state index in [2.05, 4.69) is 0 Å². The number of ether oxygens (including phenoxy) is 1. The summed E-state index contributed by atoms with van der Waals surface area (Å²) in [5.41, 5.74) is 1.63. The quantitative estimate of drug-likeness (QED) is 0.662. The highest BCUT2D eigenvalue weighted by molar-refractivity contribution is 5.94. The predicted molar refractivity (Wildman–Crippen MR) is 126 cm³/mol. The highest BCUT2D eigenvalue weighted by atomic mass is 16.5. The minimum absolute atomic E-state index is 0.0740. The summed E-state index contributed by atoms with van der Waals surface area (Å²) in [6.45, 7) is 5.56. The molecule has 2 fully saturated rings. The molecule has 2 aliphatic heterocycles. The topological polar surface area (TPSA) is 49.9 Å². The molecule has 0 radical (unpaired) electrons. The second-order valence-corrected chi connectivity index (χ2v) is 9.38. The molecule has 0 aliphatic carbocycles. The fourth-order valence-electron chi connectivity index (χ4n) is 4.76. The lowest BCUT2D eigenvalue weighted by Crippen LogP contribution is -2.48. The van der Waals surface area contributed by atoms with Gasteiger partial charge in [-0.25, -0.2) is 0 Å². The van der Waals surface area contributed by atoms with Crippen molar-refractivity contribution in [3.05, 3.63) is 65.7 Å². The Hall–Kier alpha value is -2.82. The van der Waals surface area contributed by atoms with Gasteiger partial charge >= 0.3 is 0 Å². The van der Waals surface area contributed by atoms with Crippen molar-refractivity contribution in [2.45, 2.75) is 45.4 Å². The number of piperidine rings is 2. The van der Waals surface area contributed by atoms with E-state index in [1.165, 1.54) is 6.42 Å². The molecule has 0 atom stereocenters. The van der Waals surface area contributed by atoms with Gasteiger partial charge in [-0.1, -0.05) is 35.9 Å². The van der Waals surface area contributed by atoms with E-state index < -0.39 is 0 Å². The molecule has 2 aromatic carbocycles. The van der Waals surface area contributed by atoms with Gasteiger partial charge in [0.05, 0.1) is 6.61 Å². The molecule has 2 aromatic rings. The van der Waals surface area contributed by atoms with Crippen LogP contribution in [0, 0.1) is 12.3 Å². The summed E-state index contributed by atoms with van der Waals surface area (Å²) in [6, 6.07) is 17.6. The second kappa shape index (κ2) is 10.2. The normalized spacial score (nSPS) is 18.3. The number of rotatable bonds is 6. The maximum atomic E-state index is 13.1. The van der Waals surface area contributed by atoms with Crippen molar-refractivity contribution in [1.82, 2.24) is 9.80 Å². The largest absolute Gasteiger partial charge is 0.493 e. The van der Waals surface area contributed by atoms with Gasteiger partial charge in [0, 0.05) is 43.6 Å². The van der Waals surface area contributed by atoms with Gasteiger partial charge in [-0.3, -0.25) is 9.59 Å². The zero-order chi connectivity index (χ0) is 22.4. The Bertz CT molecular complexity index is 896. The van der Waals surface area contributed by atoms with Gasteiger partial charge in [0.25, 0.3) is 5.91 Å². The molecule has 0 saturated carbocycles. The summed E-state index contributed by atoms with van der Waals surface area (Å²) in [5, 5.41) is 0. The number of amides is 2. The highest BCUT2D eigenvalue weighted by Crippen LogP contribution is 2.37. The van der Waals surface area contributed by atoms with Gasteiger partial charge in [0.2, 0.25) is 5.91 Å². The Kier molecular flexibility index (Phi) is 7.13. The monoisotopic (exact) mass is 434 g/mol. The number of likely N-dealkylation sites (tertiary alicyclic amines) is 2. The lowest BCUT2D eigenvalue weighted by atomic mass is 9.75. The van der Waals surface area contributed by atoms with Crippen molar-refractivity contribution in [3.63, 3.8) is 0 Å². The van der Waals surface area contributed by atoms with Crippen molar-refractivity contribution >= 4 is 11.8 Å². The van der Waals surface area contributed by atoms with Crippen LogP contribution in [-0.2, 0) is 4.79 Å². The Balaban J connectivity index is 1.44. The lowest BCUT2D eigenvalue weighted by molar-refractivity contribution is -0.136. The predicted octanol–water partition coefficient (Wildman–Crippen LogP) is 4.70. The minimum Gasteiger partial charge on any atom is -0.493 e. The summed E-state index contributed by atoms with van der Waals surface area (Å²) < 4.78 is 6.16. The molecule has 0 aromatic heterocycles. The number of carbonyl (C=O) groups excluding carboxylic acids is 2. The van der Waals surface area contributed by atoms with Crippen molar-refractivity contribution in [2.24, 2.45) is 5.41 Å². The zero-order valence-electron chi connectivity index (χ0n) is 19.1. The van der Waals surface area contributed by atoms with E-state index >= 15 is 0 Å². The Morgan fingerprint density at radius 3 is 2.16 bits per heavy atom. The molecule has 2 amide bonds. The smallest absolute Gasteiger partial charge is 0.253 e. The lowest BCUT2D eigenvalue weighted by Gasteiger charge is -2.42. The molecule has 2 aliphatic rings. The Morgan fingerprint density at radius 2 is 1.50 bits per heavy atom. The van der Waals surface area contributed by atoms with E-state index in [0.29, 0.717) is 26.1 Å². The third-order valence-electron chi connectivity index (χ3n) is 6.93. The van der Waals surface area contributed by atoms with Gasteiger partial charge in [-0.05, 0) is 63.3 Å². The van der Waals surface area contributed by atoms with Crippen LogP contribution in [0.15, 0.2) is 54.6 Å². The first kappa shape index (κ1) is 22.4. The number of nitrogens with zero attached hydrogens (tertiary/aromatic N) is 2. The van der Waals surface area contributed by atoms with Crippen molar-refractivity contribution < 1.29 is 14.3 Å². The van der Waals surface area contributed by atoms with E-state index in [0.717, 1.165) is 55.6 Å². The van der Waals surface area contributed by atoms with Crippen LogP contribution in [0.1, 0.15) is 54.4 Å². The third-order valence-corrected chi connectivity index (χ3v) is 6.93. The minimum atomic E-state index is -0.242. The first-order chi connectivity index (χ1) is 15.5. The molecule has 2 heterocycles. The third kappa shape index (κ3) is 5.50. The van der Waals surface area contributed by atoms with E-state index in [1.54, 1.807) is 0 Å². The standard InChI is InChI=1S/C27H34N2O3/c1-22-10-12-23(13-11-22)26(31)29-18-14-27(15-19-29,21-32-24-8-4-2-5-9-24)20-25(30)28-16-6-3-7-17-28/h2,4-5,8-13H,3,6-7,14-21H2,1H3. The number of para-hydroxylation sites is 1. The van der Waals surface area contributed by atoms with Crippen LogP contribution in [0.4, 0.5) is 0 Å². The zero-order valence-corrected chi connectivity index (χ0v) is 19.1. The summed E-state index contributed by atoms with van der Waals surface area (Å²) >= 11 is 0. The van der Waals surface area contributed by atoms with Crippen LogP contribution in [0.25, 0.3) is 0 Å². The summed E-state index contributed by atoms with van der Waals surface area (Å²) in [6.07, 6.45) is 5.44. The number of benzene rings is 2. The van der Waals surface area contributed by atoms with Crippen LogP contribution in [0.5, 0.6) is 5.75 Å². The average Bonchev–Trinajstić information content (AvgIpc) is 2.84. The van der Waals surface area contributed by atoms with E-state index in [4.69, 9.17) is 4.74 Å². The van der Waals surface area contributed by atoms with Crippen LogP contribution < -0.4 is 4.74 Å². The summed E-state index contributed by atoms with van der Waals surface area (Å²) in [7, 11) is 0. The fourth-order valence-corrected chi connectivity index (χ4v) is 4.76. The first-order valence-electron chi connectivity index (χ1n) is 11.9. The highest BCUT2D eigenvalue weighted by Gasteiger charge is 2.40. The molecule has 0 bridgehead atoms. The maximum absolute atomic E-state index is 13.1. The number of hydrogen-bond donors (Lipinski definition) is 0.